The maximum atomic E-state index is 9.28. The van der Waals surface area contributed by atoms with Crippen molar-refractivity contribution in [2.75, 3.05) is 13.2 Å². The number of hydrogen-bond acceptors (Lipinski definition) is 2. The normalized spacial score (nSPS) is 20.1. The monoisotopic (exact) mass is 233 g/mol. The van der Waals surface area contributed by atoms with E-state index in [1.165, 1.54) is 30.4 Å². The predicted molar refractivity (Wildman–Crippen MR) is 71.0 cm³/mol. The van der Waals surface area contributed by atoms with Gasteiger partial charge in [0.05, 0.1) is 0 Å². The van der Waals surface area contributed by atoms with Crippen LogP contribution in [0.4, 0.5) is 0 Å². The Balaban J connectivity index is 2.04. The lowest BCUT2D eigenvalue weighted by Gasteiger charge is -2.30. The van der Waals surface area contributed by atoms with Gasteiger partial charge in [0.2, 0.25) is 0 Å². The summed E-state index contributed by atoms with van der Waals surface area (Å²) in [6.45, 7) is 5.28. The summed E-state index contributed by atoms with van der Waals surface area (Å²) < 4.78 is 0. The molecule has 2 N–H and O–H groups in total. The topological polar surface area (TPSA) is 32.3 Å². The molecule has 0 heterocycles. The number of fused-ring (bicyclic) bond motifs is 1. The zero-order chi connectivity index (χ0) is 12.3. The van der Waals surface area contributed by atoms with Crippen LogP contribution >= 0.6 is 0 Å². The molecule has 0 saturated heterocycles. The first-order valence-electron chi connectivity index (χ1n) is 6.54. The molecule has 0 radical (unpaired) electrons. The summed E-state index contributed by atoms with van der Waals surface area (Å²) in [6, 6.07) is 9.18. The van der Waals surface area contributed by atoms with E-state index in [0.29, 0.717) is 6.04 Å². The smallest absolute Gasteiger partial charge is 0.0494 e. The second-order valence-corrected chi connectivity index (χ2v) is 5.85. The van der Waals surface area contributed by atoms with Gasteiger partial charge in [-0.05, 0) is 30.4 Å². The minimum atomic E-state index is -0.0353. The summed E-state index contributed by atoms with van der Waals surface area (Å²) in [4.78, 5) is 0. The van der Waals surface area contributed by atoms with E-state index in [1.54, 1.807) is 0 Å². The summed E-state index contributed by atoms with van der Waals surface area (Å²) in [5, 5.41) is 12.9. The molecule has 0 aliphatic heterocycles. The van der Waals surface area contributed by atoms with Gasteiger partial charge in [0.25, 0.3) is 0 Å². The van der Waals surface area contributed by atoms with E-state index in [4.69, 9.17) is 0 Å². The molecule has 2 heteroatoms. The maximum Gasteiger partial charge on any atom is 0.0494 e. The summed E-state index contributed by atoms with van der Waals surface area (Å²) in [5.74, 6) is 0. The maximum absolute atomic E-state index is 9.28. The summed E-state index contributed by atoms with van der Waals surface area (Å²) in [5.41, 5.74) is 2.90. The average Bonchev–Trinajstić information content (AvgIpc) is 2.36. The van der Waals surface area contributed by atoms with Gasteiger partial charge in [-0.15, -0.1) is 0 Å². The Morgan fingerprint density at radius 2 is 2.12 bits per heavy atom. The number of aliphatic hydroxyl groups is 1. The van der Waals surface area contributed by atoms with Crippen LogP contribution in [0.25, 0.3) is 0 Å². The van der Waals surface area contributed by atoms with Crippen molar-refractivity contribution in [3.63, 3.8) is 0 Å². The van der Waals surface area contributed by atoms with Gasteiger partial charge in [-0.1, -0.05) is 38.1 Å². The summed E-state index contributed by atoms with van der Waals surface area (Å²) >= 11 is 0. The zero-order valence-electron chi connectivity index (χ0n) is 10.9. The van der Waals surface area contributed by atoms with Crippen LogP contribution in [0, 0.1) is 5.41 Å². The lowest BCUT2D eigenvalue weighted by molar-refractivity contribution is 0.152. The fraction of sp³-hybridized carbons (Fsp3) is 0.600. The molecule has 0 amide bonds. The number of nitrogens with one attached hydrogen (secondary N) is 1. The van der Waals surface area contributed by atoms with Crippen LogP contribution in [0.5, 0.6) is 0 Å². The molecule has 1 aromatic rings. The van der Waals surface area contributed by atoms with E-state index in [9.17, 15) is 5.11 Å². The molecular formula is C15H23NO. The van der Waals surface area contributed by atoms with Gasteiger partial charge in [-0.2, -0.15) is 0 Å². The van der Waals surface area contributed by atoms with Gasteiger partial charge < -0.3 is 10.4 Å². The van der Waals surface area contributed by atoms with Crippen LogP contribution in [-0.4, -0.2) is 18.3 Å². The Hall–Kier alpha value is -0.860. The first kappa shape index (κ1) is 12.6. The highest BCUT2D eigenvalue weighted by Gasteiger charge is 2.22. The Morgan fingerprint density at radius 3 is 2.88 bits per heavy atom. The van der Waals surface area contributed by atoms with E-state index in [0.717, 1.165) is 6.54 Å². The molecule has 0 aromatic heterocycles. The van der Waals surface area contributed by atoms with Gasteiger partial charge in [0.1, 0.15) is 0 Å². The van der Waals surface area contributed by atoms with E-state index in [1.807, 2.05) is 0 Å². The second kappa shape index (κ2) is 5.19. The number of benzene rings is 1. The fourth-order valence-electron chi connectivity index (χ4n) is 2.42. The SMILES string of the molecule is CC(C)(CO)CNC1CCCc2ccccc21. The molecular weight excluding hydrogens is 210 g/mol. The van der Waals surface area contributed by atoms with Crippen LogP contribution in [0.3, 0.4) is 0 Å². The van der Waals surface area contributed by atoms with Crippen molar-refractivity contribution in [1.82, 2.24) is 5.32 Å². The molecule has 0 bridgehead atoms. The Morgan fingerprint density at radius 1 is 1.35 bits per heavy atom. The lowest BCUT2D eigenvalue weighted by Crippen LogP contribution is -2.35. The molecule has 1 atom stereocenters. The molecule has 1 aliphatic carbocycles. The Labute approximate surface area is 104 Å². The van der Waals surface area contributed by atoms with Crippen molar-refractivity contribution < 1.29 is 5.11 Å². The lowest BCUT2D eigenvalue weighted by atomic mass is 9.86. The van der Waals surface area contributed by atoms with E-state index < -0.39 is 0 Å². The van der Waals surface area contributed by atoms with Gasteiger partial charge in [0.15, 0.2) is 0 Å². The van der Waals surface area contributed by atoms with Crippen molar-refractivity contribution in [3.8, 4) is 0 Å². The van der Waals surface area contributed by atoms with E-state index in [-0.39, 0.29) is 12.0 Å². The van der Waals surface area contributed by atoms with Gasteiger partial charge >= 0.3 is 0 Å². The molecule has 0 saturated carbocycles. The molecule has 17 heavy (non-hydrogen) atoms. The number of aliphatic hydroxyl groups excluding tert-OH is 1. The molecule has 2 nitrogen and oxygen atoms in total. The summed E-state index contributed by atoms with van der Waals surface area (Å²) in [6.07, 6.45) is 3.67. The summed E-state index contributed by atoms with van der Waals surface area (Å²) in [7, 11) is 0. The zero-order valence-corrected chi connectivity index (χ0v) is 10.9. The number of hydrogen-bond donors (Lipinski definition) is 2. The molecule has 1 aliphatic rings. The molecule has 94 valence electrons. The first-order chi connectivity index (χ1) is 8.12. The molecule has 1 unspecified atom stereocenters. The highest BCUT2D eigenvalue weighted by atomic mass is 16.3. The highest BCUT2D eigenvalue weighted by molar-refractivity contribution is 5.32. The average molecular weight is 233 g/mol. The van der Waals surface area contributed by atoms with Crippen LogP contribution in [0.2, 0.25) is 0 Å². The second-order valence-electron chi connectivity index (χ2n) is 5.85. The quantitative estimate of drug-likeness (QED) is 0.838. The molecule has 1 aromatic carbocycles. The Kier molecular flexibility index (Phi) is 3.85. The van der Waals surface area contributed by atoms with E-state index >= 15 is 0 Å². The number of rotatable bonds is 4. The van der Waals surface area contributed by atoms with E-state index in [2.05, 4.69) is 43.4 Å². The highest BCUT2D eigenvalue weighted by Crippen LogP contribution is 2.30. The fourth-order valence-corrected chi connectivity index (χ4v) is 2.42. The minimum Gasteiger partial charge on any atom is -0.396 e. The first-order valence-corrected chi connectivity index (χ1v) is 6.54. The van der Waals surface area contributed by atoms with Crippen LogP contribution in [0.1, 0.15) is 43.9 Å². The molecule has 2 rings (SSSR count). The van der Waals surface area contributed by atoms with Crippen molar-refractivity contribution >= 4 is 0 Å². The third-order valence-corrected chi connectivity index (χ3v) is 3.62. The van der Waals surface area contributed by atoms with Crippen LogP contribution in [-0.2, 0) is 6.42 Å². The van der Waals surface area contributed by atoms with Crippen LogP contribution < -0.4 is 5.32 Å². The third kappa shape index (κ3) is 3.08. The minimum absolute atomic E-state index is 0.0353. The third-order valence-electron chi connectivity index (χ3n) is 3.62. The Bertz CT molecular complexity index is 373. The van der Waals surface area contributed by atoms with Crippen LogP contribution in [0.15, 0.2) is 24.3 Å². The van der Waals surface area contributed by atoms with Crippen molar-refractivity contribution in [2.24, 2.45) is 5.41 Å². The number of aryl methyl sites for hydroxylation is 1. The predicted octanol–water partition coefficient (Wildman–Crippen LogP) is 2.67. The molecule has 0 fully saturated rings. The van der Waals surface area contributed by atoms with Gasteiger partial charge in [0, 0.05) is 24.6 Å². The standard InChI is InChI=1S/C15H23NO/c1-15(2,11-17)10-16-14-9-5-7-12-6-3-4-8-13(12)14/h3-4,6,8,14,16-17H,5,7,9-11H2,1-2H3. The van der Waals surface area contributed by atoms with Gasteiger partial charge in [-0.3, -0.25) is 0 Å². The van der Waals surface area contributed by atoms with Crippen molar-refractivity contribution in [3.05, 3.63) is 35.4 Å². The van der Waals surface area contributed by atoms with Gasteiger partial charge in [-0.25, -0.2) is 0 Å². The molecule has 0 spiro atoms. The van der Waals surface area contributed by atoms with Crippen molar-refractivity contribution in [2.45, 2.75) is 39.2 Å². The van der Waals surface area contributed by atoms with Crippen molar-refractivity contribution in [1.29, 1.82) is 0 Å². The largest absolute Gasteiger partial charge is 0.396 e.